The van der Waals surface area contributed by atoms with Crippen molar-refractivity contribution in [2.45, 2.75) is 25.9 Å². The van der Waals surface area contributed by atoms with Gasteiger partial charge in [0.2, 0.25) is 5.91 Å². The third kappa shape index (κ3) is 6.08. The van der Waals surface area contributed by atoms with Gasteiger partial charge in [-0.2, -0.15) is 0 Å². The monoisotopic (exact) mass is 525 g/mol. The Morgan fingerprint density at radius 3 is 2.36 bits per heavy atom. The third-order valence-electron chi connectivity index (χ3n) is 7.35. The number of carbonyl (C=O) groups is 2. The molecule has 1 aliphatic rings. The van der Waals surface area contributed by atoms with Gasteiger partial charge in [0.15, 0.2) is 0 Å². The summed E-state index contributed by atoms with van der Waals surface area (Å²) in [4.78, 5) is 29.3. The van der Waals surface area contributed by atoms with Crippen molar-refractivity contribution in [1.29, 1.82) is 0 Å². The summed E-state index contributed by atoms with van der Waals surface area (Å²) in [5.41, 5.74) is 4.39. The van der Waals surface area contributed by atoms with Crippen LogP contribution >= 0.6 is 0 Å². The maximum atomic E-state index is 13.6. The predicted molar refractivity (Wildman–Crippen MR) is 152 cm³/mol. The zero-order chi connectivity index (χ0) is 27.2. The molecule has 1 aliphatic heterocycles. The highest BCUT2D eigenvalue weighted by atomic mass is 16.6. The van der Waals surface area contributed by atoms with Gasteiger partial charge in [-0.25, -0.2) is 4.79 Å². The summed E-state index contributed by atoms with van der Waals surface area (Å²) < 4.78 is 13.4. The topological polar surface area (TPSA) is 64.0 Å². The highest BCUT2D eigenvalue weighted by molar-refractivity contribution is 5.86. The summed E-state index contributed by atoms with van der Waals surface area (Å²) in [6, 6.07) is 26.5. The van der Waals surface area contributed by atoms with Crippen LogP contribution in [-0.4, -0.2) is 59.2 Å². The first-order valence-electron chi connectivity index (χ1n) is 13.5. The maximum Gasteiger partial charge on any atom is 0.409 e. The molecule has 1 saturated heterocycles. The van der Waals surface area contributed by atoms with E-state index < -0.39 is 0 Å². The number of para-hydroxylation sites is 1. The number of rotatable bonds is 8. The van der Waals surface area contributed by atoms with Gasteiger partial charge in [0, 0.05) is 62.7 Å². The average Bonchev–Trinajstić information content (AvgIpc) is 3.31. The summed E-state index contributed by atoms with van der Waals surface area (Å²) in [6.45, 7) is 4.58. The number of aryl methyl sites for hydroxylation is 1. The normalized spacial score (nSPS) is 14.3. The van der Waals surface area contributed by atoms with E-state index in [9.17, 15) is 9.59 Å². The van der Waals surface area contributed by atoms with E-state index in [0.29, 0.717) is 45.8 Å². The molecule has 1 fully saturated rings. The van der Waals surface area contributed by atoms with Gasteiger partial charge < -0.3 is 23.8 Å². The Kier molecular flexibility index (Phi) is 8.16. The van der Waals surface area contributed by atoms with Crippen molar-refractivity contribution < 1.29 is 19.1 Å². The van der Waals surface area contributed by atoms with Crippen LogP contribution in [0.5, 0.6) is 5.75 Å². The van der Waals surface area contributed by atoms with Gasteiger partial charge in [-0.3, -0.25) is 4.79 Å². The van der Waals surface area contributed by atoms with Gasteiger partial charge in [-0.05, 0) is 41.8 Å². The molecule has 0 saturated carbocycles. The van der Waals surface area contributed by atoms with E-state index in [-0.39, 0.29) is 17.9 Å². The number of hydrogen-bond acceptors (Lipinski definition) is 4. The number of carbonyl (C=O) groups excluding carboxylic acids is 2. The van der Waals surface area contributed by atoms with Gasteiger partial charge in [0.25, 0.3) is 0 Å². The number of nitrogens with zero attached hydrogens (tertiary/aromatic N) is 3. The van der Waals surface area contributed by atoms with Crippen molar-refractivity contribution in [2.75, 3.05) is 32.8 Å². The summed E-state index contributed by atoms with van der Waals surface area (Å²) in [5, 5.41) is 1.14. The number of fused-ring (bicyclic) bond motifs is 1. The number of piperazine rings is 1. The molecular weight excluding hydrogens is 490 g/mol. The average molecular weight is 526 g/mol. The molecular formula is C32H35N3O4. The number of amides is 2. The van der Waals surface area contributed by atoms with E-state index in [1.54, 1.807) is 11.8 Å². The van der Waals surface area contributed by atoms with Crippen LogP contribution in [0.4, 0.5) is 4.79 Å². The minimum absolute atomic E-state index is 0.0760. The molecule has 1 unspecified atom stereocenters. The van der Waals surface area contributed by atoms with Gasteiger partial charge >= 0.3 is 6.09 Å². The van der Waals surface area contributed by atoms with Crippen molar-refractivity contribution in [3.05, 3.63) is 102 Å². The van der Waals surface area contributed by atoms with Crippen LogP contribution in [0.2, 0.25) is 0 Å². The lowest BCUT2D eigenvalue weighted by molar-refractivity contribution is -0.133. The largest absolute Gasteiger partial charge is 0.489 e. The molecule has 0 bridgehead atoms. The van der Waals surface area contributed by atoms with Crippen LogP contribution in [0.3, 0.4) is 0 Å². The quantitative estimate of drug-likeness (QED) is 0.301. The number of ether oxygens (including phenoxy) is 2. The highest BCUT2D eigenvalue weighted by Gasteiger charge is 2.29. The fourth-order valence-corrected chi connectivity index (χ4v) is 5.28. The Hall–Kier alpha value is -4.26. The lowest BCUT2D eigenvalue weighted by Crippen LogP contribution is -2.50. The SMILES string of the molecule is CCOC(=O)N1CCN(C(=O)CC(c2cccc(OCc3ccccc3)c2)c2cn(C)c3ccccc23)CC1. The first kappa shape index (κ1) is 26.4. The highest BCUT2D eigenvalue weighted by Crippen LogP contribution is 2.36. The van der Waals surface area contributed by atoms with Gasteiger partial charge in [-0.15, -0.1) is 0 Å². The van der Waals surface area contributed by atoms with Crippen LogP contribution in [-0.2, 0) is 23.2 Å². The standard InChI is InChI=1S/C32H35N3O4/c1-3-38-32(37)35-18-16-34(17-19-35)31(36)21-28(29-22-33(2)30-15-8-7-14-27(29)30)25-12-9-13-26(20-25)39-23-24-10-5-4-6-11-24/h4-15,20,22,28H,3,16-19,21,23H2,1-2H3. The first-order valence-corrected chi connectivity index (χ1v) is 13.5. The fourth-order valence-electron chi connectivity index (χ4n) is 5.28. The van der Waals surface area contributed by atoms with Crippen molar-refractivity contribution >= 4 is 22.9 Å². The number of aromatic nitrogens is 1. The van der Waals surface area contributed by atoms with E-state index in [0.717, 1.165) is 33.3 Å². The third-order valence-corrected chi connectivity index (χ3v) is 7.35. The zero-order valence-electron chi connectivity index (χ0n) is 22.6. The molecule has 1 aromatic heterocycles. The Labute approximate surface area is 229 Å². The number of benzene rings is 3. The van der Waals surface area contributed by atoms with Crippen LogP contribution in [0.15, 0.2) is 85.1 Å². The van der Waals surface area contributed by atoms with Crippen molar-refractivity contribution in [2.24, 2.45) is 7.05 Å². The van der Waals surface area contributed by atoms with E-state index >= 15 is 0 Å². The molecule has 3 aromatic carbocycles. The molecule has 2 amide bonds. The van der Waals surface area contributed by atoms with Gasteiger partial charge in [0.05, 0.1) is 6.61 Å². The summed E-state index contributed by atoms with van der Waals surface area (Å²) in [7, 11) is 2.04. The lowest BCUT2D eigenvalue weighted by atomic mass is 9.87. The van der Waals surface area contributed by atoms with Crippen LogP contribution in [0.1, 0.15) is 36.0 Å². The van der Waals surface area contributed by atoms with E-state index in [1.807, 2.05) is 66.5 Å². The fraction of sp³-hybridized carbons (Fsp3) is 0.312. The predicted octanol–water partition coefficient (Wildman–Crippen LogP) is 5.58. The van der Waals surface area contributed by atoms with Gasteiger partial charge in [-0.1, -0.05) is 60.7 Å². The van der Waals surface area contributed by atoms with Gasteiger partial charge in [0.1, 0.15) is 12.4 Å². The van der Waals surface area contributed by atoms with E-state index in [4.69, 9.17) is 9.47 Å². The molecule has 5 rings (SSSR count). The van der Waals surface area contributed by atoms with Crippen LogP contribution < -0.4 is 4.74 Å². The van der Waals surface area contributed by atoms with Crippen molar-refractivity contribution in [3.8, 4) is 5.75 Å². The Morgan fingerprint density at radius 1 is 0.872 bits per heavy atom. The molecule has 0 aliphatic carbocycles. The van der Waals surface area contributed by atoms with Crippen LogP contribution in [0, 0.1) is 0 Å². The summed E-state index contributed by atoms with van der Waals surface area (Å²) in [6.07, 6.45) is 2.15. The molecule has 0 radical (unpaired) electrons. The zero-order valence-corrected chi connectivity index (χ0v) is 22.6. The Bertz CT molecular complexity index is 1420. The molecule has 2 heterocycles. The number of hydrogen-bond donors (Lipinski definition) is 0. The Balaban J connectivity index is 1.39. The molecule has 7 heteroatoms. The minimum atomic E-state index is -0.314. The molecule has 0 spiro atoms. The molecule has 4 aromatic rings. The Morgan fingerprint density at radius 2 is 1.59 bits per heavy atom. The second-order valence-corrected chi connectivity index (χ2v) is 9.88. The van der Waals surface area contributed by atoms with E-state index in [1.165, 1.54) is 0 Å². The molecule has 39 heavy (non-hydrogen) atoms. The lowest BCUT2D eigenvalue weighted by Gasteiger charge is -2.34. The van der Waals surface area contributed by atoms with Crippen LogP contribution in [0.25, 0.3) is 10.9 Å². The van der Waals surface area contributed by atoms with Crippen molar-refractivity contribution in [3.63, 3.8) is 0 Å². The molecule has 0 N–H and O–H groups in total. The second kappa shape index (κ2) is 12.1. The first-order chi connectivity index (χ1) is 19.0. The second-order valence-electron chi connectivity index (χ2n) is 9.88. The smallest absolute Gasteiger partial charge is 0.409 e. The minimum Gasteiger partial charge on any atom is -0.489 e. The summed E-state index contributed by atoms with van der Waals surface area (Å²) in [5.74, 6) is 0.705. The molecule has 7 nitrogen and oxygen atoms in total. The molecule has 202 valence electrons. The summed E-state index contributed by atoms with van der Waals surface area (Å²) >= 11 is 0. The van der Waals surface area contributed by atoms with Crippen molar-refractivity contribution in [1.82, 2.24) is 14.4 Å². The molecule has 1 atom stereocenters. The van der Waals surface area contributed by atoms with E-state index in [2.05, 4.69) is 35.0 Å². The maximum absolute atomic E-state index is 13.6.